The first kappa shape index (κ1) is 12.9. The van der Waals surface area contributed by atoms with Crippen LogP contribution in [-0.4, -0.2) is 22.2 Å². The minimum atomic E-state index is -0.236. The number of anilines is 1. The molecule has 1 aromatic carbocycles. The van der Waals surface area contributed by atoms with E-state index in [1.165, 1.54) is 0 Å². The number of carbonyl (C=O) groups is 1. The Hall–Kier alpha value is -2.58. The van der Waals surface area contributed by atoms with Gasteiger partial charge in [-0.25, -0.2) is 0 Å². The van der Waals surface area contributed by atoms with Crippen molar-refractivity contribution in [1.29, 1.82) is 0 Å². The molecule has 0 spiro atoms. The zero-order valence-electron chi connectivity index (χ0n) is 10.6. The summed E-state index contributed by atoms with van der Waals surface area (Å²) in [4.78, 5) is 12.1. The molecule has 2 aromatic rings. The number of nitrogens with zero attached hydrogens (tertiary/aromatic N) is 2. The van der Waals surface area contributed by atoms with Crippen LogP contribution in [0.2, 0.25) is 0 Å². The molecule has 5 nitrogen and oxygen atoms in total. The Bertz CT molecular complexity index is 649. The molecule has 96 valence electrons. The van der Waals surface area contributed by atoms with Crippen LogP contribution >= 0.6 is 0 Å². The van der Waals surface area contributed by atoms with Crippen molar-refractivity contribution in [1.82, 2.24) is 9.78 Å². The number of hydrogen-bond donors (Lipinski definition) is 2. The Morgan fingerprint density at radius 1 is 1.42 bits per heavy atom. The summed E-state index contributed by atoms with van der Waals surface area (Å²) in [7, 11) is 1.79. The summed E-state index contributed by atoms with van der Waals surface area (Å²) in [6, 6.07) is 8.86. The molecule has 0 unspecified atom stereocenters. The second-order valence-electron chi connectivity index (χ2n) is 3.88. The molecule has 0 atom stereocenters. The summed E-state index contributed by atoms with van der Waals surface area (Å²) in [5, 5.41) is 6.82. The highest BCUT2D eigenvalue weighted by Crippen LogP contribution is 2.10. The standard InChI is InChI=1S/C14H14N4O/c1-18-10-8-13(17-18)16-14(19)12-7-3-2-5-11(12)6-4-9-15/h2-3,5,7-8,10H,9,15H2,1H3,(H,16,17,19). The molecular weight excluding hydrogens is 240 g/mol. The van der Waals surface area contributed by atoms with Crippen molar-refractivity contribution in [3.05, 3.63) is 47.7 Å². The smallest absolute Gasteiger partial charge is 0.258 e. The SMILES string of the molecule is Cn1ccc(NC(=O)c2ccccc2C#CCN)n1. The number of aryl methyl sites for hydroxylation is 1. The van der Waals surface area contributed by atoms with Crippen molar-refractivity contribution in [2.24, 2.45) is 12.8 Å². The van der Waals surface area contributed by atoms with Crippen LogP contribution in [0.5, 0.6) is 0 Å². The molecule has 1 aromatic heterocycles. The van der Waals surface area contributed by atoms with Gasteiger partial charge in [0.25, 0.3) is 5.91 Å². The second kappa shape index (κ2) is 5.85. The predicted octanol–water partition coefficient (Wildman–Crippen LogP) is 0.983. The number of carbonyl (C=O) groups excluding carboxylic acids is 1. The highest BCUT2D eigenvalue weighted by Gasteiger charge is 2.10. The quantitative estimate of drug-likeness (QED) is 0.785. The fourth-order valence-corrected chi connectivity index (χ4v) is 1.60. The van der Waals surface area contributed by atoms with Crippen LogP contribution in [-0.2, 0) is 7.05 Å². The van der Waals surface area contributed by atoms with Gasteiger partial charge < -0.3 is 11.1 Å². The monoisotopic (exact) mass is 254 g/mol. The van der Waals surface area contributed by atoms with Gasteiger partial charge in [0.2, 0.25) is 0 Å². The van der Waals surface area contributed by atoms with Gasteiger partial charge in [-0.15, -0.1) is 0 Å². The summed E-state index contributed by atoms with van der Waals surface area (Å²) in [6.45, 7) is 0.260. The topological polar surface area (TPSA) is 72.9 Å². The molecular formula is C14H14N4O. The van der Waals surface area contributed by atoms with Crippen LogP contribution in [0, 0.1) is 11.8 Å². The van der Waals surface area contributed by atoms with E-state index in [9.17, 15) is 4.79 Å². The van der Waals surface area contributed by atoms with Crippen molar-refractivity contribution >= 4 is 11.7 Å². The van der Waals surface area contributed by atoms with Crippen LogP contribution in [0.1, 0.15) is 15.9 Å². The Balaban J connectivity index is 2.23. The van der Waals surface area contributed by atoms with E-state index in [0.29, 0.717) is 16.9 Å². The number of nitrogens with one attached hydrogen (secondary N) is 1. The van der Waals surface area contributed by atoms with Crippen LogP contribution in [0.25, 0.3) is 0 Å². The minimum Gasteiger partial charge on any atom is -0.320 e. The summed E-state index contributed by atoms with van der Waals surface area (Å²) in [5.41, 5.74) is 6.50. The maximum Gasteiger partial charge on any atom is 0.258 e. The zero-order valence-corrected chi connectivity index (χ0v) is 10.6. The largest absolute Gasteiger partial charge is 0.320 e. The van der Waals surface area contributed by atoms with Crippen LogP contribution in [0.3, 0.4) is 0 Å². The van der Waals surface area contributed by atoms with E-state index in [0.717, 1.165) is 0 Å². The van der Waals surface area contributed by atoms with Crippen molar-refractivity contribution in [2.45, 2.75) is 0 Å². The molecule has 0 fully saturated rings. The molecule has 0 saturated carbocycles. The van der Waals surface area contributed by atoms with Crippen molar-refractivity contribution in [3.63, 3.8) is 0 Å². The lowest BCUT2D eigenvalue weighted by Gasteiger charge is -2.04. The molecule has 0 saturated heterocycles. The molecule has 2 rings (SSSR count). The third kappa shape index (κ3) is 3.21. The Morgan fingerprint density at radius 2 is 2.21 bits per heavy atom. The van der Waals surface area contributed by atoms with Crippen molar-refractivity contribution in [2.75, 3.05) is 11.9 Å². The average molecular weight is 254 g/mol. The van der Waals surface area contributed by atoms with Crippen LogP contribution < -0.4 is 11.1 Å². The Morgan fingerprint density at radius 3 is 2.89 bits per heavy atom. The molecule has 0 radical (unpaired) electrons. The normalized spacial score (nSPS) is 9.58. The van der Waals surface area contributed by atoms with Gasteiger partial charge in [-0.2, -0.15) is 5.10 Å². The Kier molecular flexibility index (Phi) is 3.96. The highest BCUT2D eigenvalue weighted by molar-refractivity contribution is 6.05. The molecule has 3 N–H and O–H groups in total. The van der Waals surface area contributed by atoms with Gasteiger partial charge in [-0.05, 0) is 12.1 Å². The van der Waals surface area contributed by atoms with E-state index >= 15 is 0 Å². The van der Waals surface area contributed by atoms with Gasteiger partial charge in [-0.3, -0.25) is 9.48 Å². The van der Waals surface area contributed by atoms with Crippen molar-refractivity contribution < 1.29 is 4.79 Å². The lowest BCUT2D eigenvalue weighted by Crippen LogP contribution is -2.14. The maximum absolute atomic E-state index is 12.1. The van der Waals surface area contributed by atoms with Gasteiger partial charge in [0.1, 0.15) is 0 Å². The summed E-state index contributed by atoms with van der Waals surface area (Å²) in [6.07, 6.45) is 1.76. The lowest BCUT2D eigenvalue weighted by molar-refractivity contribution is 0.102. The molecule has 1 heterocycles. The predicted molar refractivity (Wildman–Crippen MR) is 73.5 cm³/mol. The number of nitrogens with two attached hydrogens (primary N) is 1. The van der Waals surface area contributed by atoms with Crippen LogP contribution in [0.15, 0.2) is 36.5 Å². The fraction of sp³-hybridized carbons (Fsp3) is 0.143. The first-order valence-electron chi connectivity index (χ1n) is 5.79. The molecule has 0 aliphatic rings. The average Bonchev–Trinajstić information content (AvgIpc) is 2.82. The molecule has 0 bridgehead atoms. The van der Waals surface area contributed by atoms with E-state index in [1.807, 2.05) is 6.07 Å². The number of rotatable bonds is 2. The summed E-state index contributed by atoms with van der Waals surface area (Å²) in [5.74, 6) is 5.90. The highest BCUT2D eigenvalue weighted by atomic mass is 16.1. The maximum atomic E-state index is 12.1. The number of aromatic nitrogens is 2. The van der Waals surface area contributed by atoms with Crippen molar-refractivity contribution in [3.8, 4) is 11.8 Å². The van der Waals surface area contributed by atoms with Gasteiger partial charge >= 0.3 is 0 Å². The zero-order chi connectivity index (χ0) is 13.7. The molecule has 5 heteroatoms. The van der Waals surface area contributed by atoms with Gasteiger partial charge in [0, 0.05) is 24.9 Å². The molecule has 0 aliphatic carbocycles. The molecule has 19 heavy (non-hydrogen) atoms. The molecule has 0 aliphatic heterocycles. The van der Waals surface area contributed by atoms with Gasteiger partial charge in [-0.1, -0.05) is 24.0 Å². The van der Waals surface area contributed by atoms with Gasteiger partial charge in [0.15, 0.2) is 5.82 Å². The number of benzene rings is 1. The van der Waals surface area contributed by atoms with E-state index < -0.39 is 0 Å². The minimum absolute atomic E-state index is 0.236. The lowest BCUT2D eigenvalue weighted by atomic mass is 10.1. The summed E-state index contributed by atoms with van der Waals surface area (Å²) >= 11 is 0. The van der Waals surface area contributed by atoms with Gasteiger partial charge in [0.05, 0.1) is 12.1 Å². The second-order valence-corrected chi connectivity index (χ2v) is 3.88. The van der Waals surface area contributed by atoms with E-state index in [-0.39, 0.29) is 12.5 Å². The number of hydrogen-bond acceptors (Lipinski definition) is 3. The third-order valence-corrected chi connectivity index (χ3v) is 2.45. The fourth-order valence-electron chi connectivity index (χ4n) is 1.60. The van der Waals surface area contributed by atoms with E-state index in [2.05, 4.69) is 22.3 Å². The van der Waals surface area contributed by atoms with E-state index in [1.54, 1.807) is 42.2 Å². The summed E-state index contributed by atoms with van der Waals surface area (Å²) < 4.78 is 1.62. The molecule has 1 amide bonds. The number of amides is 1. The first-order valence-corrected chi connectivity index (χ1v) is 5.79. The Labute approximate surface area is 111 Å². The third-order valence-electron chi connectivity index (χ3n) is 2.45. The van der Waals surface area contributed by atoms with Crippen LogP contribution in [0.4, 0.5) is 5.82 Å². The first-order chi connectivity index (χ1) is 9.20. The van der Waals surface area contributed by atoms with E-state index in [4.69, 9.17) is 5.73 Å².